The van der Waals surface area contributed by atoms with Crippen molar-refractivity contribution in [2.24, 2.45) is 0 Å². The summed E-state index contributed by atoms with van der Waals surface area (Å²) in [5.41, 5.74) is 2.14. The highest BCUT2D eigenvalue weighted by atomic mass is 35.5. The lowest BCUT2D eigenvalue weighted by molar-refractivity contribution is 0.0600. The summed E-state index contributed by atoms with van der Waals surface area (Å²) in [6, 6.07) is 9.86. The molecule has 3 rings (SSSR count). The number of carbonyl (C=O) groups is 2. The van der Waals surface area contributed by atoms with Crippen LogP contribution >= 0.6 is 23.2 Å². The minimum atomic E-state index is -0.463. The number of likely N-dealkylation sites (N-methyl/N-ethyl adjacent to an activating group) is 1. The molecule has 2 aromatic carbocycles. The molecular formula is C20H21Cl2N3O3. The number of nitrogens with zero attached hydrogens (tertiary/aromatic N) is 2. The Hall–Kier alpha value is -2.28. The van der Waals surface area contributed by atoms with Crippen LogP contribution in [-0.4, -0.2) is 57.1 Å². The predicted molar refractivity (Wildman–Crippen MR) is 112 cm³/mol. The van der Waals surface area contributed by atoms with Gasteiger partial charge in [0.1, 0.15) is 0 Å². The first-order valence-corrected chi connectivity index (χ1v) is 9.57. The quantitative estimate of drug-likeness (QED) is 0.760. The van der Waals surface area contributed by atoms with Crippen LogP contribution in [0.4, 0.5) is 11.4 Å². The van der Waals surface area contributed by atoms with Gasteiger partial charge in [0.05, 0.1) is 34.1 Å². The monoisotopic (exact) mass is 421 g/mol. The number of hydrogen-bond acceptors (Lipinski definition) is 5. The molecule has 0 spiro atoms. The minimum Gasteiger partial charge on any atom is -0.465 e. The van der Waals surface area contributed by atoms with Crippen LogP contribution in [-0.2, 0) is 4.74 Å². The number of nitrogens with one attached hydrogen (secondary N) is 1. The van der Waals surface area contributed by atoms with Crippen LogP contribution < -0.4 is 10.2 Å². The first kappa shape index (κ1) is 20.5. The lowest BCUT2D eigenvalue weighted by atomic mass is 10.1. The first-order valence-electron chi connectivity index (χ1n) is 8.81. The third-order valence-corrected chi connectivity index (χ3v) is 5.43. The topological polar surface area (TPSA) is 61.9 Å². The van der Waals surface area contributed by atoms with Crippen LogP contribution in [0, 0.1) is 0 Å². The second-order valence-corrected chi connectivity index (χ2v) is 7.41. The second-order valence-electron chi connectivity index (χ2n) is 6.60. The summed E-state index contributed by atoms with van der Waals surface area (Å²) in [5.74, 6) is -0.800. The molecule has 0 unspecified atom stereocenters. The van der Waals surface area contributed by atoms with Gasteiger partial charge in [-0.25, -0.2) is 4.79 Å². The van der Waals surface area contributed by atoms with E-state index < -0.39 is 5.97 Å². The third kappa shape index (κ3) is 4.58. The average Bonchev–Trinajstić information content (AvgIpc) is 2.70. The van der Waals surface area contributed by atoms with Crippen LogP contribution in [0.25, 0.3) is 0 Å². The van der Waals surface area contributed by atoms with E-state index in [1.165, 1.54) is 13.2 Å². The Morgan fingerprint density at radius 3 is 2.29 bits per heavy atom. The summed E-state index contributed by atoms with van der Waals surface area (Å²) in [6.45, 7) is 3.48. The van der Waals surface area contributed by atoms with Crippen molar-refractivity contribution < 1.29 is 14.3 Å². The van der Waals surface area contributed by atoms with Crippen molar-refractivity contribution in [1.29, 1.82) is 0 Å². The fourth-order valence-electron chi connectivity index (χ4n) is 3.04. The molecule has 1 saturated heterocycles. The number of halogens is 2. The molecule has 0 atom stereocenters. The smallest absolute Gasteiger partial charge is 0.337 e. The van der Waals surface area contributed by atoms with Crippen molar-refractivity contribution in [1.82, 2.24) is 4.90 Å². The highest BCUT2D eigenvalue weighted by Crippen LogP contribution is 2.30. The van der Waals surface area contributed by atoms with E-state index in [2.05, 4.69) is 22.2 Å². The number of methoxy groups -OCH3 is 1. The number of hydrogen-bond donors (Lipinski definition) is 1. The molecule has 1 heterocycles. The number of ether oxygens (including phenoxy) is 1. The molecule has 148 valence electrons. The van der Waals surface area contributed by atoms with Gasteiger partial charge in [-0.3, -0.25) is 4.79 Å². The number of anilines is 2. The molecule has 1 fully saturated rings. The number of esters is 1. The minimum absolute atomic E-state index is 0.303. The molecule has 0 aromatic heterocycles. The highest BCUT2D eigenvalue weighted by Gasteiger charge is 2.20. The average molecular weight is 422 g/mol. The standard InChI is InChI=1S/C20H21Cl2N3O3/c1-24-7-9-25(10-8-24)18-6-4-14(20(27)28-2)12-17(18)23-19(26)13-3-5-15(21)16(22)11-13/h3-6,11-12H,7-10H2,1-2H3,(H,23,26). The van der Waals surface area contributed by atoms with Crippen molar-refractivity contribution in [2.75, 3.05) is 50.6 Å². The molecule has 1 amide bonds. The van der Waals surface area contributed by atoms with E-state index in [9.17, 15) is 9.59 Å². The van der Waals surface area contributed by atoms with Gasteiger partial charge in [0.2, 0.25) is 0 Å². The predicted octanol–water partition coefficient (Wildman–Crippen LogP) is 3.78. The summed E-state index contributed by atoms with van der Waals surface area (Å²) < 4.78 is 4.81. The highest BCUT2D eigenvalue weighted by molar-refractivity contribution is 6.42. The zero-order valence-corrected chi connectivity index (χ0v) is 17.2. The fraction of sp³-hybridized carbons (Fsp3) is 0.300. The number of benzene rings is 2. The number of carbonyl (C=O) groups excluding carboxylic acids is 2. The van der Waals surface area contributed by atoms with Gasteiger partial charge in [-0.15, -0.1) is 0 Å². The van der Waals surface area contributed by atoms with Crippen LogP contribution in [0.5, 0.6) is 0 Å². The summed E-state index contributed by atoms with van der Waals surface area (Å²) in [7, 11) is 3.40. The van der Waals surface area contributed by atoms with Gasteiger partial charge in [0.25, 0.3) is 5.91 Å². The zero-order chi connectivity index (χ0) is 20.3. The van der Waals surface area contributed by atoms with E-state index in [1.54, 1.807) is 24.3 Å². The van der Waals surface area contributed by atoms with Gasteiger partial charge >= 0.3 is 5.97 Å². The first-order chi connectivity index (χ1) is 13.4. The van der Waals surface area contributed by atoms with Crippen molar-refractivity contribution in [2.45, 2.75) is 0 Å². The van der Waals surface area contributed by atoms with Crippen LogP contribution in [0.1, 0.15) is 20.7 Å². The summed E-state index contributed by atoms with van der Waals surface area (Å²) in [5, 5.41) is 3.58. The maximum absolute atomic E-state index is 12.8. The molecule has 8 heteroatoms. The fourth-order valence-corrected chi connectivity index (χ4v) is 3.33. The molecular weight excluding hydrogens is 401 g/mol. The van der Waals surface area contributed by atoms with E-state index in [-0.39, 0.29) is 5.91 Å². The molecule has 28 heavy (non-hydrogen) atoms. The largest absolute Gasteiger partial charge is 0.465 e. The maximum Gasteiger partial charge on any atom is 0.337 e. The molecule has 1 aliphatic rings. The second kappa shape index (κ2) is 8.82. The molecule has 0 radical (unpaired) electrons. The third-order valence-electron chi connectivity index (χ3n) is 4.69. The molecule has 0 bridgehead atoms. The van der Waals surface area contributed by atoms with Crippen LogP contribution in [0.3, 0.4) is 0 Å². The molecule has 2 aromatic rings. The Kier molecular flexibility index (Phi) is 6.44. The lowest BCUT2D eigenvalue weighted by Gasteiger charge is -2.35. The normalized spacial score (nSPS) is 14.6. The lowest BCUT2D eigenvalue weighted by Crippen LogP contribution is -2.44. The van der Waals surface area contributed by atoms with Crippen molar-refractivity contribution in [3.63, 3.8) is 0 Å². The number of rotatable bonds is 4. The van der Waals surface area contributed by atoms with Crippen molar-refractivity contribution in [3.8, 4) is 0 Å². The Bertz CT molecular complexity index is 896. The van der Waals surface area contributed by atoms with Gasteiger partial charge in [0, 0.05) is 31.7 Å². The molecule has 0 aliphatic carbocycles. The van der Waals surface area contributed by atoms with Gasteiger partial charge < -0.3 is 19.9 Å². The Balaban J connectivity index is 1.92. The Morgan fingerprint density at radius 2 is 1.64 bits per heavy atom. The van der Waals surface area contributed by atoms with Crippen molar-refractivity contribution >= 4 is 46.5 Å². The van der Waals surface area contributed by atoms with E-state index >= 15 is 0 Å². The molecule has 1 aliphatic heterocycles. The van der Waals surface area contributed by atoms with E-state index in [0.29, 0.717) is 26.9 Å². The SMILES string of the molecule is COC(=O)c1ccc(N2CCN(C)CC2)c(NC(=O)c2ccc(Cl)c(Cl)c2)c1. The maximum atomic E-state index is 12.8. The summed E-state index contributed by atoms with van der Waals surface area (Å²) in [4.78, 5) is 29.1. The van der Waals surface area contributed by atoms with E-state index in [0.717, 1.165) is 31.9 Å². The summed E-state index contributed by atoms with van der Waals surface area (Å²) >= 11 is 12.0. The van der Waals surface area contributed by atoms with Gasteiger partial charge in [-0.2, -0.15) is 0 Å². The number of piperazine rings is 1. The van der Waals surface area contributed by atoms with Gasteiger partial charge in [-0.1, -0.05) is 23.2 Å². The van der Waals surface area contributed by atoms with Crippen LogP contribution in [0.15, 0.2) is 36.4 Å². The zero-order valence-electron chi connectivity index (χ0n) is 15.7. The van der Waals surface area contributed by atoms with Gasteiger partial charge in [-0.05, 0) is 43.4 Å². The summed E-state index contributed by atoms with van der Waals surface area (Å²) in [6.07, 6.45) is 0. The Morgan fingerprint density at radius 1 is 0.964 bits per heavy atom. The molecule has 0 saturated carbocycles. The van der Waals surface area contributed by atoms with Crippen LogP contribution in [0.2, 0.25) is 10.0 Å². The van der Waals surface area contributed by atoms with Gasteiger partial charge in [0.15, 0.2) is 0 Å². The van der Waals surface area contributed by atoms with E-state index in [1.807, 2.05) is 6.07 Å². The molecule has 6 nitrogen and oxygen atoms in total. The van der Waals surface area contributed by atoms with E-state index in [4.69, 9.17) is 27.9 Å². The number of amides is 1. The Labute approximate surface area is 174 Å². The molecule has 1 N–H and O–H groups in total. The van der Waals surface area contributed by atoms with Crippen molar-refractivity contribution in [3.05, 3.63) is 57.6 Å².